The normalized spacial score (nSPS) is 10.5. The zero-order valence-corrected chi connectivity index (χ0v) is 8.10. The first kappa shape index (κ1) is 9.71. The molecule has 3 nitrogen and oxygen atoms in total. The molecule has 15 heavy (non-hydrogen) atoms. The van der Waals surface area contributed by atoms with E-state index in [-0.39, 0.29) is 11.7 Å². The molecule has 0 amide bonds. The van der Waals surface area contributed by atoms with Crippen LogP contribution in [0.1, 0.15) is 5.56 Å². The number of aromatic hydroxyl groups is 1. The Bertz CT molecular complexity index is 436. The first-order valence-corrected chi connectivity index (χ1v) is 4.71. The molecule has 1 aromatic heterocycles. The minimum absolute atomic E-state index is 0.150. The van der Waals surface area contributed by atoms with Gasteiger partial charge in [-0.1, -0.05) is 12.1 Å². The van der Waals surface area contributed by atoms with E-state index >= 15 is 0 Å². The van der Waals surface area contributed by atoms with Crippen molar-refractivity contribution in [3.8, 4) is 5.88 Å². The molecule has 2 rings (SSSR count). The van der Waals surface area contributed by atoms with Crippen molar-refractivity contribution in [2.24, 2.45) is 0 Å². The number of hydrogen-bond acceptors (Lipinski definition) is 2. The molecular formula is C11H11FN2O. The number of rotatable bonds is 3. The Hall–Kier alpha value is -1.84. The van der Waals surface area contributed by atoms with Gasteiger partial charge in [0.05, 0.1) is 6.20 Å². The van der Waals surface area contributed by atoms with Crippen LogP contribution in [-0.4, -0.2) is 14.9 Å². The third-order valence-electron chi connectivity index (χ3n) is 2.22. The molecule has 0 aliphatic rings. The lowest BCUT2D eigenvalue weighted by Crippen LogP contribution is -2.02. The molecule has 0 atom stereocenters. The van der Waals surface area contributed by atoms with Crippen LogP contribution in [0.2, 0.25) is 0 Å². The fourth-order valence-corrected chi connectivity index (χ4v) is 1.38. The molecule has 1 heterocycles. The van der Waals surface area contributed by atoms with Crippen molar-refractivity contribution in [2.75, 3.05) is 0 Å². The lowest BCUT2D eigenvalue weighted by molar-refractivity contribution is 0.399. The van der Waals surface area contributed by atoms with Gasteiger partial charge in [0, 0.05) is 12.6 Å². The minimum atomic E-state index is -0.235. The largest absolute Gasteiger partial charge is 0.493 e. The van der Waals surface area contributed by atoms with Crippen LogP contribution < -0.4 is 0 Å². The maximum absolute atomic E-state index is 12.6. The number of halogens is 1. The molecule has 0 fully saturated rings. The highest BCUT2D eigenvalue weighted by atomic mass is 19.1. The molecule has 1 aromatic carbocycles. The van der Waals surface area contributed by atoms with Gasteiger partial charge in [-0.05, 0) is 24.1 Å². The van der Waals surface area contributed by atoms with Crippen molar-refractivity contribution in [1.82, 2.24) is 9.78 Å². The predicted octanol–water partition coefficient (Wildman–Crippen LogP) is 1.97. The Morgan fingerprint density at radius 2 is 1.93 bits per heavy atom. The van der Waals surface area contributed by atoms with E-state index in [1.165, 1.54) is 22.9 Å². The van der Waals surface area contributed by atoms with Crippen LogP contribution in [-0.2, 0) is 13.0 Å². The first-order valence-electron chi connectivity index (χ1n) is 4.71. The third-order valence-corrected chi connectivity index (χ3v) is 2.22. The maximum Gasteiger partial charge on any atom is 0.209 e. The fourth-order valence-electron chi connectivity index (χ4n) is 1.38. The summed E-state index contributed by atoms with van der Waals surface area (Å²) in [6.07, 6.45) is 2.26. The highest BCUT2D eigenvalue weighted by molar-refractivity contribution is 5.16. The van der Waals surface area contributed by atoms with Gasteiger partial charge in [0.25, 0.3) is 0 Å². The second kappa shape index (κ2) is 4.13. The van der Waals surface area contributed by atoms with E-state index in [9.17, 15) is 9.50 Å². The summed E-state index contributed by atoms with van der Waals surface area (Å²) >= 11 is 0. The summed E-state index contributed by atoms with van der Waals surface area (Å²) in [6, 6.07) is 7.85. The third kappa shape index (κ3) is 2.34. The van der Waals surface area contributed by atoms with Crippen molar-refractivity contribution in [2.45, 2.75) is 13.0 Å². The highest BCUT2D eigenvalue weighted by Crippen LogP contribution is 2.09. The van der Waals surface area contributed by atoms with E-state index in [0.29, 0.717) is 6.54 Å². The molecule has 0 unspecified atom stereocenters. The predicted molar refractivity (Wildman–Crippen MR) is 54.0 cm³/mol. The SMILES string of the molecule is Oc1ccnn1CCc1ccc(F)cc1. The van der Waals surface area contributed by atoms with Gasteiger partial charge < -0.3 is 5.11 Å². The minimum Gasteiger partial charge on any atom is -0.493 e. The molecule has 78 valence electrons. The quantitative estimate of drug-likeness (QED) is 0.833. The molecule has 0 spiro atoms. The van der Waals surface area contributed by atoms with Crippen molar-refractivity contribution >= 4 is 0 Å². The Morgan fingerprint density at radius 3 is 2.53 bits per heavy atom. The average Bonchev–Trinajstić information content (AvgIpc) is 2.63. The number of aromatic nitrogens is 2. The topological polar surface area (TPSA) is 38.1 Å². The summed E-state index contributed by atoms with van der Waals surface area (Å²) in [5.41, 5.74) is 1.02. The van der Waals surface area contributed by atoms with Gasteiger partial charge in [-0.25, -0.2) is 9.07 Å². The molecule has 0 saturated heterocycles. The van der Waals surface area contributed by atoms with Gasteiger partial charge in [-0.3, -0.25) is 0 Å². The van der Waals surface area contributed by atoms with Gasteiger partial charge in [0.2, 0.25) is 5.88 Å². The number of aryl methyl sites for hydroxylation is 2. The molecule has 0 radical (unpaired) electrons. The first-order chi connectivity index (χ1) is 7.25. The van der Waals surface area contributed by atoms with Crippen LogP contribution in [0.3, 0.4) is 0 Å². The lowest BCUT2D eigenvalue weighted by Gasteiger charge is -2.03. The Balaban J connectivity index is 1.99. The summed E-state index contributed by atoms with van der Waals surface area (Å²) in [7, 11) is 0. The van der Waals surface area contributed by atoms with Crippen LogP contribution in [0.25, 0.3) is 0 Å². The van der Waals surface area contributed by atoms with E-state index in [1.807, 2.05) is 0 Å². The molecule has 1 N–H and O–H groups in total. The highest BCUT2D eigenvalue weighted by Gasteiger charge is 2.00. The van der Waals surface area contributed by atoms with E-state index < -0.39 is 0 Å². The van der Waals surface area contributed by atoms with Crippen LogP contribution in [0.5, 0.6) is 5.88 Å². The number of hydrogen-bond donors (Lipinski definition) is 1. The van der Waals surface area contributed by atoms with Crippen molar-refractivity contribution < 1.29 is 9.50 Å². The van der Waals surface area contributed by atoms with Crippen molar-refractivity contribution in [3.63, 3.8) is 0 Å². The molecule has 4 heteroatoms. The van der Waals surface area contributed by atoms with Crippen LogP contribution in [0, 0.1) is 5.82 Å². The van der Waals surface area contributed by atoms with Gasteiger partial charge in [-0.15, -0.1) is 0 Å². The van der Waals surface area contributed by atoms with Crippen LogP contribution in [0.4, 0.5) is 4.39 Å². The maximum atomic E-state index is 12.6. The summed E-state index contributed by atoms with van der Waals surface area (Å²) in [4.78, 5) is 0. The lowest BCUT2D eigenvalue weighted by atomic mass is 10.1. The van der Waals surface area contributed by atoms with E-state index in [4.69, 9.17) is 0 Å². The molecule has 0 bridgehead atoms. The Labute approximate surface area is 86.8 Å². The standard InChI is InChI=1S/C11H11FN2O/c12-10-3-1-9(2-4-10)6-8-14-11(15)5-7-13-14/h1-5,7,15H,6,8H2. The molecule has 0 saturated carbocycles. The van der Waals surface area contributed by atoms with Crippen LogP contribution >= 0.6 is 0 Å². The molecule has 2 aromatic rings. The average molecular weight is 206 g/mol. The number of nitrogens with zero attached hydrogens (tertiary/aromatic N) is 2. The number of benzene rings is 1. The van der Waals surface area contributed by atoms with E-state index in [1.54, 1.807) is 18.3 Å². The summed E-state index contributed by atoms with van der Waals surface area (Å²) in [5.74, 6) is -0.0854. The van der Waals surface area contributed by atoms with Crippen LogP contribution in [0.15, 0.2) is 36.5 Å². The zero-order valence-electron chi connectivity index (χ0n) is 8.10. The summed E-state index contributed by atoms with van der Waals surface area (Å²) in [5, 5.41) is 13.3. The molecule has 0 aliphatic carbocycles. The Kier molecular flexibility index (Phi) is 2.67. The van der Waals surface area contributed by atoms with Gasteiger partial charge in [0.15, 0.2) is 0 Å². The second-order valence-corrected chi connectivity index (χ2v) is 3.29. The summed E-state index contributed by atoms with van der Waals surface area (Å²) < 4.78 is 14.1. The second-order valence-electron chi connectivity index (χ2n) is 3.29. The van der Waals surface area contributed by atoms with E-state index in [2.05, 4.69) is 5.10 Å². The zero-order chi connectivity index (χ0) is 10.7. The van der Waals surface area contributed by atoms with Crippen molar-refractivity contribution in [3.05, 3.63) is 47.9 Å². The van der Waals surface area contributed by atoms with Gasteiger partial charge >= 0.3 is 0 Å². The molecule has 0 aliphatic heterocycles. The van der Waals surface area contributed by atoms with E-state index in [0.717, 1.165) is 12.0 Å². The van der Waals surface area contributed by atoms with Crippen molar-refractivity contribution in [1.29, 1.82) is 0 Å². The smallest absolute Gasteiger partial charge is 0.209 e. The van der Waals surface area contributed by atoms with Gasteiger partial charge in [0.1, 0.15) is 5.82 Å². The summed E-state index contributed by atoms with van der Waals surface area (Å²) in [6.45, 7) is 0.588. The Morgan fingerprint density at radius 1 is 1.20 bits per heavy atom. The molecular weight excluding hydrogens is 195 g/mol. The monoisotopic (exact) mass is 206 g/mol. The fraction of sp³-hybridized carbons (Fsp3) is 0.182. The van der Waals surface area contributed by atoms with Gasteiger partial charge in [-0.2, -0.15) is 5.10 Å².